The van der Waals surface area contributed by atoms with Crippen molar-refractivity contribution in [1.82, 2.24) is 9.62 Å². The van der Waals surface area contributed by atoms with Crippen LogP contribution in [0.3, 0.4) is 0 Å². The third kappa shape index (κ3) is 5.12. The van der Waals surface area contributed by atoms with Gasteiger partial charge in [0.05, 0.1) is 17.4 Å². The molecule has 0 saturated heterocycles. The Hall–Kier alpha value is -1.42. The second kappa shape index (κ2) is 7.03. The van der Waals surface area contributed by atoms with E-state index >= 15 is 0 Å². The molecule has 0 atom stereocenters. The molecule has 1 N–H and O–H groups in total. The Morgan fingerprint density at radius 3 is 2.52 bits per heavy atom. The van der Waals surface area contributed by atoms with Crippen LogP contribution in [-0.2, 0) is 15.8 Å². The van der Waals surface area contributed by atoms with E-state index in [4.69, 9.17) is 5.26 Å². The number of benzene rings is 1. The SMILES string of the molecule is CCN(CCNS(=O)(=O)Cc1ccc(C#N)cc1)C1CC1. The van der Waals surface area contributed by atoms with Crippen molar-refractivity contribution < 1.29 is 8.42 Å². The van der Waals surface area contributed by atoms with E-state index in [-0.39, 0.29) is 5.75 Å². The summed E-state index contributed by atoms with van der Waals surface area (Å²) in [4.78, 5) is 2.31. The van der Waals surface area contributed by atoms with Crippen LogP contribution in [0.1, 0.15) is 30.9 Å². The molecule has 1 saturated carbocycles. The molecule has 1 aliphatic carbocycles. The monoisotopic (exact) mass is 307 g/mol. The minimum atomic E-state index is -3.32. The molecular formula is C15H21N3O2S. The molecule has 1 fully saturated rings. The van der Waals surface area contributed by atoms with Gasteiger partial charge in [-0.15, -0.1) is 0 Å². The lowest BCUT2D eigenvalue weighted by Crippen LogP contribution is -2.36. The standard InChI is InChI=1S/C15H21N3O2S/c1-2-18(15-7-8-15)10-9-17-21(19,20)12-14-5-3-13(11-16)4-6-14/h3-6,15,17H,2,7-10,12H2,1H3. The predicted octanol–water partition coefficient (Wildman–Crippen LogP) is 1.46. The number of likely N-dealkylation sites (N-methyl/N-ethyl adjacent to an activating group) is 1. The van der Waals surface area contributed by atoms with Gasteiger partial charge < -0.3 is 0 Å². The summed E-state index contributed by atoms with van der Waals surface area (Å²) < 4.78 is 26.7. The molecule has 0 amide bonds. The van der Waals surface area contributed by atoms with Gasteiger partial charge in [0.2, 0.25) is 10.0 Å². The van der Waals surface area contributed by atoms with Crippen LogP contribution in [0.2, 0.25) is 0 Å². The molecular weight excluding hydrogens is 286 g/mol. The van der Waals surface area contributed by atoms with E-state index in [9.17, 15) is 8.42 Å². The number of hydrogen-bond donors (Lipinski definition) is 1. The van der Waals surface area contributed by atoms with E-state index < -0.39 is 10.0 Å². The molecule has 2 rings (SSSR count). The van der Waals surface area contributed by atoms with Crippen LogP contribution in [0.5, 0.6) is 0 Å². The molecule has 6 heteroatoms. The van der Waals surface area contributed by atoms with Crippen LogP contribution in [0.25, 0.3) is 0 Å². The van der Waals surface area contributed by atoms with Crippen LogP contribution in [-0.4, -0.2) is 39.0 Å². The van der Waals surface area contributed by atoms with E-state index in [1.54, 1.807) is 24.3 Å². The van der Waals surface area contributed by atoms with Crippen molar-refractivity contribution in [2.24, 2.45) is 0 Å². The quantitative estimate of drug-likeness (QED) is 0.789. The predicted molar refractivity (Wildman–Crippen MR) is 82.1 cm³/mol. The number of nitriles is 1. The zero-order valence-corrected chi connectivity index (χ0v) is 13.1. The summed E-state index contributed by atoms with van der Waals surface area (Å²) in [5.41, 5.74) is 1.23. The average molecular weight is 307 g/mol. The van der Waals surface area contributed by atoms with Crippen LogP contribution >= 0.6 is 0 Å². The van der Waals surface area contributed by atoms with Crippen molar-refractivity contribution in [3.05, 3.63) is 35.4 Å². The van der Waals surface area contributed by atoms with Crippen molar-refractivity contribution in [3.63, 3.8) is 0 Å². The molecule has 1 aromatic rings. The van der Waals surface area contributed by atoms with E-state index in [1.807, 2.05) is 6.07 Å². The second-order valence-corrected chi connectivity index (χ2v) is 7.13. The topological polar surface area (TPSA) is 73.2 Å². The van der Waals surface area contributed by atoms with E-state index in [2.05, 4.69) is 16.5 Å². The molecule has 0 aromatic heterocycles. The summed E-state index contributed by atoms with van der Waals surface area (Å²) in [6.45, 7) is 4.27. The van der Waals surface area contributed by atoms with Gasteiger partial charge in [0.15, 0.2) is 0 Å². The third-order valence-electron chi connectivity index (χ3n) is 3.63. The highest BCUT2D eigenvalue weighted by Crippen LogP contribution is 2.25. The molecule has 1 aromatic carbocycles. The van der Waals surface area contributed by atoms with Crippen molar-refractivity contribution in [2.75, 3.05) is 19.6 Å². The van der Waals surface area contributed by atoms with Gasteiger partial charge in [0.25, 0.3) is 0 Å². The number of hydrogen-bond acceptors (Lipinski definition) is 4. The summed E-state index contributed by atoms with van der Waals surface area (Å²) in [5.74, 6) is -0.0474. The Kier molecular flexibility index (Phi) is 5.34. The fourth-order valence-corrected chi connectivity index (χ4v) is 3.46. The van der Waals surface area contributed by atoms with Crippen molar-refractivity contribution >= 4 is 10.0 Å². The average Bonchev–Trinajstić information content (AvgIpc) is 3.28. The van der Waals surface area contributed by atoms with Crippen molar-refractivity contribution in [1.29, 1.82) is 5.26 Å². The highest BCUT2D eigenvalue weighted by Gasteiger charge is 2.27. The summed E-state index contributed by atoms with van der Waals surface area (Å²) >= 11 is 0. The Balaban J connectivity index is 1.82. The molecule has 5 nitrogen and oxygen atoms in total. The summed E-state index contributed by atoms with van der Waals surface area (Å²) in [5, 5.41) is 8.72. The van der Waals surface area contributed by atoms with E-state index in [1.165, 1.54) is 12.8 Å². The zero-order valence-electron chi connectivity index (χ0n) is 12.2. The summed E-state index contributed by atoms with van der Waals surface area (Å²) in [6.07, 6.45) is 2.46. The molecule has 0 bridgehead atoms. The minimum absolute atomic E-state index is 0.0474. The zero-order chi connectivity index (χ0) is 15.3. The van der Waals surface area contributed by atoms with Crippen molar-refractivity contribution in [2.45, 2.75) is 31.6 Å². The summed E-state index contributed by atoms with van der Waals surface area (Å²) in [7, 11) is -3.32. The maximum atomic E-state index is 12.0. The van der Waals surface area contributed by atoms with Crippen LogP contribution < -0.4 is 4.72 Å². The van der Waals surface area contributed by atoms with Crippen LogP contribution in [0, 0.1) is 11.3 Å². The maximum Gasteiger partial charge on any atom is 0.215 e. The highest BCUT2D eigenvalue weighted by atomic mass is 32.2. The molecule has 21 heavy (non-hydrogen) atoms. The third-order valence-corrected chi connectivity index (χ3v) is 4.99. The molecule has 1 aliphatic rings. The molecule has 114 valence electrons. The van der Waals surface area contributed by atoms with Crippen LogP contribution in [0.15, 0.2) is 24.3 Å². The fourth-order valence-electron chi connectivity index (χ4n) is 2.33. The number of sulfonamides is 1. The number of rotatable bonds is 8. The van der Waals surface area contributed by atoms with Crippen LogP contribution in [0.4, 0.5) is 0 Å². The molecule has 0 spiro atoms. The lowest BCUT2D eigenvalue weighted by atomic mass is 10.2. The Labute approximate surface area is 126 Å². The van der Waals surface area contributed by atoms with Gasteiger partial charge in [-0.2, -0.15) is 5.26 Å². The first-order chi connectivity index (χ1) is 10.0. The Bertz CT molecular complexity index is 601. The molecule has 0 unspecified atom stereocenters. The lowest BCUT2D eigenvalue weighted by molar-refractivity contribution is 0.282. The normalized spacial score (nSPS) is 15.1. The molecule has 0 heterocycles. The van der Waals surface area contributed by atoms with Gasteiger partial charge in [-0.05, 0) is 37.1 Å². The lowest BCUT2D eigenvalue weighted by Gasteiger charge is -2.19. The van der Waals surface area contributed by atoms with E-state index in [0.717, 1.165) is 13.1 Å². The molecule has 0 radical (unpaired) electrons. The second-order valence-electron chi connectivity index (χ2n) is 5.32. The first kappa shape index (κ1) is 16.0. The largest absolute Gasteiger partial charge is 0.299 e. The first-order valence-corrected chi connectivity index (χ1v) is 8.89. The van der Waals surface area contributed by atoms with Gasteiger partial charge in [-0.3, -0.25) is 4.90 Å². The number of nitrogens with zero attached hydrogens (tertiary/aromatic N) is 2. The Morgan fingerprint density at radius 1 is 1.33 bits per heavy atom. The Morgan fingerprint density at radius 2 is 2.00 bits per heavy atom. The highest BCUT2D eigenvalue weighted by molar-refractivity contribution is 7.88. The minimum Gasteiger partial charge on any atom is -0.299 e. The van der Waals surface area contributed by atoms with Gasteiger partial charge in [-0.25, -0.2) is 13.1 Å². The number of nitrogens with one attached hydrogen (secondary N) is 1. The van der Waals surface area contributed by atoms with Gasteiger partial charge in [-0.1, -0.05) is 19.1 Å². The smallest absolute Gasteiger partial charge is 0.215 e. The van der Waals surface area contributed by atoms with Crippen molar-refractivity contribution in [3.8, 4) is 6.07 Å². The van der Waals surface area contributed by atoms with Gasteiger partial charge >= 0.3 is 0 Å². The maximum absolute atomic E-state index is 12.0. The van der Waals surface area contributed by atoms with E-state index in [0.29, 0.717) is 23.7 Å². The first-order valence-electron chi connectivity index (χ1n) is 7.24. The summed E-state index contributed by atoms with van der Waals surface area (Å²) in [6, 6.07) is 9.30. The van der Waals surface area contributed by atoms with Gasteiger partial charge in [0.1, 0.15) is 0 Å². The van der Waals surface area contributed by atoms with Gasteiger partial charge in [0, 0.05) is 19.1 Å². The fraction of sp³-hybridized carbons (Fsp3) is 0.533. The molecule has 0 aliphatic heterocycles.